The number of hydrogen-bond acceptors (Lipinski definition) is 3. The SMILES string of the molecule is CC(C)(CO)c1nc2cc(F)c(F)cc2n1CCC(=O)O. The maximum absolute atomic E-state index is 13.4. The number of aliphatic hydroxyl groups is 1. The Morgan fingerprint density at radius 1 is 1.33 bits per heavy atom. The molecule has 0 atom stereocenters. The summed E-state index contributed by atoms with van der Waals surface area (Å²) in [6, 6.07) is 1.97. The van der Waals surface area contributed by atoms with Crippen LogP contribution >= 0.6 is 0 Å². The molecule has 1 aromatic heterocycles. The van der Waals surface area contributed by atoms with Crippen molar-refractivity contribution in [3.63, 3.8) is 0 Å². The third-order valence-corrected chi connectivity index (χ3v) is 3.34. The van der Waals surface area contributed by atoms with Crippen LogP contribution in [0.2, 0.25) is 0 Å². The van der Waals surface area contributed by atoms with E-state index >= 15 is 0 Å². The molecule has 2 aromatic rings. The Kier molecular flexibility index (Phi) is 3.95. The van der Waals surface area contributed by atoms with Crippen molar-refractivity contribution in [1.82, 2.24) is 9.55 Å². The number of aryl methyl sites for hydroxylation is 1. The smallest absolute Gasteiger partial charge is 0.305 e. The van der Waals surface area contributed by atoms with Gasteiger partial charge in [-0.1, -0.05) is 13.8 Å². The normalized spacial score (nSPS) is 12.0. The van der Waals surface area contributed by atoms with Gasteiger partial charge in [-0.05, 0) is 0 Å². The molecule has 2 rings (SSSR count). The second-order valence-electron chi connectivity index (χ2n) is 5.53. The molecule has 0 spiro atoms. The Balaban J connectivity index is 2.65. The molecule has 0 saturated heterocycles. The third-order valence-electron chi connectivity index (χ3n) is 3.34. The van der Waals surface area contributed by atoms with Crippen LogP contribution in [0.15, 0.2) is 12.1 Å². The molecule has 114 valence electrons. The van der Waals surface area contributed by atoms with Gasteiger partial charge in [0.2, 0.25) is 0 Å². The Morgan fingerprint density at radius 3 is 2.52 bits per heavy atom. The molecule has 0 fully saturated rings. The van der Waals surface area contributed by atoms with E-state index in [1.807, 2.05) is 0 Å². The number of nitrogens with zero attached hydrogens (tertiary/aromatic N) is 2. The minimum Gasteiger partial charge on any atom is -0.481 e. The van der Waals surface area contributed by atoms with Crippen molar-refractivity contribution < 1.29 is 23.8 Å². The molecule has 21 heavy (non-hydrogen) atoms. The summed E-state index contributed by atoms with van der Waals surface area (Å²) in [5.74, 6) is -2.65. The first-order valence-corrected chi connectivity index (χ1v) is 6.44. The van der Waals surface area contributed by atoms with E-state index in [0.717, 1.165) is 12.1 Å². The van der Waals surface area contributed by atoms with Gasteiger partial charge in [-0.3, -0.25) is 4.79 Å². The fraction of sp³-hybridized carbons (Fsp3) is 0.429. The van der Waals surface area contributed by atoms with Gasteiger partial charge >= 0.3 is 5.97 Å². The maximum atomic E-state index is 13.4. The average Bonchev–Trinajstić information content (AvgIpc) is 2.75. The molecule has 0 bridgehead atoms. The molecule has 0 unspecified atom stereocenters. The summed E-state index contributed by atoms with van der Waals surface area (Å²) in [5.41, 5.74) is -0.215. The van der Waals surface area contributed by atoms with E-state index in [2.05, 4.69) is 4.98 Å². The largest absolute Gasteiger partial charge is 0.481 e. The zero-order valence-electron chi connectivity index (χ0n) is 11.7. The summed E-state index contributed by atoms with van der Waals surface area (Å²) in [4.78, 5) is 15.0. The van der Waals surface area contributed by atoms with E-state index in [0.29, 0.717) is 11.3 Å². The highest BCUT2D eigenvalue weighted by molar-refractivity contribution is 5.77. The van der Waals surface area contributed by atoms with Gasteiger partial charge < -0.3 is 14.8 Å². The summed E-state index contributed by atoms with van der Waals surface area (Å²) in [5, 5.41) is 18.3. The Hall–Kier alpha value is -2.02. The summed E-state index contributed by atoms with van der Waals surface area (Å²) >= 11 is 0. The van der Waals surface area contributed by atoms with Gasteiger partial charge in [-0.2, -0.15) is 0 Å². The number of carboxylic acids is 1. The molecule has 5 nitrogen and oxygen atoms in total. The number of rotatable bonds is 5. The molecule has 0 aliphatic rings. The number of aliphatic carboxylic acids is 1. The molecule has 0 radical (unpaired) electrons. The minimum absolute atomic E-state index is 0.0651. The average molecular weight is 298 g/mol. The van der Waals surface area contributed by atoms with E-state index in [4.69, 9.17) is 5.11 Å². The lowest BCUT2D eigenvalue weighted by atomic mass is 9.93. The van der Waals surface area contributed by atoms with Crippen LogP contribution in [0.25, 0.3) is 11.0 Å². The number of aliphatic hydroxyl groups excluding tert-OH is 1. The molecular weight excluding hydrogens is 282 g/mol. The monoisotopic (exact) mass is 298 g/mol. The highest BCUT2D eigenvalue weighted by Crippen LogP contribution is 2.28. The molecule has 0 aliphatic carbocycles. The number of carboxylic acid groups (broad SMARTS) is 1. The summed E-state index contributed by atoms with van der Waals surface area (Å²) < 4.78 is 28.3. The second kappa shape index (κ2) is 5.40. The molecular formula is C14H16F2N2O3. The van der Waals surface area contributed by atoms with Gasteiger partial charge in [0.05, 0.1) is 24.1 Å². The summed E-state index contributed by atoms with van der Waals surface area (Å²) in [7, 11) is 0. The predicted molar refractivity (Wildman–Crippen MR) is 72.0 cm³/mol. The van der Waals surface area contributed by atoms with Crippen LogP contribution in [0.3, 0.4) is 0 Å². The van der Waals surface area contributed by atoms with E-state index < -0.39 is 23.0 Å². The van der Waals surface area contributed by atoms with Crippen LogP contribution in [-0.4, -0.2) is 32.3 Å². The minimum atomic E-state index is -1.02. The molecule has 1 aromatic carbocycles. The lowest BCUT2D eigenvalue weighted by molar-refractivity contribution is -0.137. The van der Waals surface area contributed by atoms with Crippen LogP contribution < -0.4 is 0 Å². The number of aromatic nitrogens is 2. The van der Waals surface area contributed by atoms with Crippen molar-refractivity contribution in [2.24, 2.45) is 0 Å². The van der Waals surface area contributed by atoms with Crippen LogP contribution in [0.5, 0.6) is 0 Å². The number of halogens is 2. The zero-order chi connectivity index (χ0) is 15.8. The first-order chi connectivity index (χ1) is 9.76. The van der Waals surface area contributed by atoms with E-state index in [1.165, 1.54) is 4.57 Å². The molecule has 0 saturated carbocycles. The van der Waals surface area contributed by atoms with Crippen molar-refractivity contribution in [1.29, 1.82) is 0 Å². The molecule has 0 amide bonds. The Bertz CT molecular complexity index is 695. The van der Waals surface area contributed by atoms with Crippen molar-refractivity contribution in [2.75, 3.05) is 6.61 Å². The second-order valence-corrected chi connectivity index (χ2v) is 5.53. The predicted octanol–water partition coefficient (Wildman–Crippen LogP) is 2.06. The number of imidazole rings is 1. The lowest BCUT2D eigenvalue weighted by Gasteiger charge is -2.22. The summed E-state index contributed by atoms with van der Waals surface area (Å²) in [6.07, 6.45) is -0.182. The molecule has 0 aliphatic heterocycles. The Morgan fingerprint density at radius 2 is 1.95 bits per heavy atom. The first-order valence-electron chi connectivity index (χ1n) is 6.44. The van der Waals surface area contributed by atoms with Crippen molar-refractivity contribution >= 4 is 17.0 Å². The molecule has 1 heterocycles. The fourth-order valence-corrected chi connectivity index (χ4v) is 2.14. The van der Waals surface area contributed by atoms with Crippen LogP contribution in [0.1, 0.15) is 26.1 Å². The number of carbonyl (C=O) groups is 1. The number of fused-ring (bicyclic) bond motifs is 1. The number of benzene rings is 1. The Labute approximate surface area is 119 Å². The van der Waals surface area contributed by atoms with E-state index in [1.54, 1.807) is 13.8 Å². The fourth-order valence-electron chi connectivity index (χ4n) is 2.14. The van der Waals surface area contributed by atoms with E-state index in [-0.39, 0.29) is 25.1 Å². The van der Waals surface area contributed by atoms with Crippen LogP contribution in [-0.2, 0) is 16.8 Å². The van der Waals surface area contributed by atoms with Gasteiger partial charge in [0.15, 0.2) is 11.6 Å². The van der Waals surface area contributed by atoms with Crippen molar-refractivity contribution in [3.05, 3.63) is 29.6 Å². The molecule has 2 N–H and O–H groups in total. The first kappa shape index (κ1) is 15.4. The standard InChI is InChI=1S/C14H16F2N2O3/c1-14(2,7-19)13-17-10-5-8(15)9(16)6-11(10)18(13)4-3-12(20)21/h5-6,19H,3-4,7H2,1-2H3,(H,20,21). The third kappa shape index (κ3) is 2.87. The lowest BCUT2D eigenvalue weighted by Crippen LogP contribution is -2.27. The van der Waals surface area contributed by atoms with Crippen molar-refractivity contribution in [2.45, 2.75) is 32.2 Å². The maximum Gasteiger partial charge on any atom is 0.305 e. The zero-order valence-corrected chi connectivity index (χ0v) is 11.7. The highest BCUT2D eigenvalue weighted by atomic mass is 19.2. The van der Waals surface area contributed by atoms with Crippen molar-refractivity contribution in [3.8, 4) is 0 Å². The van der Waals surface area contributed by atoms with Gasteiger partial charge in [0.1, 0.15) is 5.82 Å². The van der Waals surface area contributed by atoms with Gasteiger partial charge in [-0.15, -0.1) is 0 Å². The van der Waals surface area contributed by atoms with E-state index in [9.17, 15) is 18.7 Å². The topological polar surface area (TPSA) is 75.4 Å². The van der Waals surface area contributed by atoms with Gasteiger partial charge in [-0.25, -0.2) is 13.8 Å². The van der Waals surface area contributed by atoms with Crippen LogP contribution in [0, 0.1) is 11.6 Å². The number of hydrogen-bond donors (Lipinski definition) is 2. The quantitative estimate of drug-likeness (QED) is 0.886. The van der Waals surface area contributed by atoms with Gasteiger partial charge in [0.25, 0.3) is 0 Å². The van der Waals surface area contributed by atoms with Gasteiger partial charge in [0, 0.05) is 24.1 Å². The summed E-state index contributed by atoms with van der Waals surface area (Å²) in [6.45, 7) is 3.28. The highest BCUT2D eigenvalue weighted by Gasteiger charge is 2.28. The van der Waals surface area contributed by atoms with Crippen LogP contribution in [0.4, 0.5) is 8.78 Å². The molecule has 7 heteroatoms.